The Morgan fingerprint density at radius 1 is 0.833 bits per heavy atom. The van der Waals surface area contributed by atoms with Crippen molar-refractivity contribution in [2.75, 3.05) is 6.54 Å². The summed E-state index contributed by atoms with van der Waals surface area (Å²) in [6, 6.07) is 18.0. The van der Waals surface area contributed by atoms with E-state index < -0.39 is 61.0 Å². The van der Waals surface area contributed by atoms with E-state index in [2.05, 4.69) is 4.99 Å². The molecular weight excluding hydrogens is 624 g/mol. The van der Waals surface area contributed by atoms with Crippen molar-refractivity contribution in [2.24, 2.45) is 28.3 Å². The number of hydrogen-bond donors (Lipinski definition) is 4. The van der Waals surface area contributed by atoms with Gasteiger partial charge in [0.15, 0.2) is 11.7 Å². The van der Waals surface area contributed by atoms with Gasteiger partial charge in [0.25, 0.3) is 0 Å². The third-order valence-electron chi connectivity index (χ3n) is 6.90. The van der Waals surface area contributed by atoms with E-state index >= 15 is 0 Å². The highest BCUT2D eigenvalue weighted by molar-refractivity contribution is 5.93. The summed E-state index contributed by atoms with van der Waals surface area (Å²) in [4.78, 5) is 79.1. The molecule has 0 saturated carbocycles. The number of benzene rings is 3. The number of nitrogens with zero attached hydrogens (tertiary/aromatic N) is 2. The second-order valence-electron chi connectivity index (χ2n) is 11.1. The van der Waals surface area contributed by atoms with Gasteiger partial charge in [0.2, 0.25) is 0 Å². The fourth-order valence-corrected chi connectivity index (χ4v) is 4.59. The predicted octanol–water partition coefficient (Wildman–Crippen LogP) is 3.92. The van der Waals surface area contributed by atoms with Crippen LogP contribution in [0.2, 0.25) is 0 Å². The van der Waals surface area contributed by atoms with Crippen LogP contribution in [0.5, 0.6) is 5.75 Å². The minimum Gasteiger partial charge on any atom is -0.481 e. The summed E-state index contributed by atoms with van der Waals surface area (Å²) < 4.78 is 10.8. The quantitative estimate of drug-likeness (QED) is 0.0741. The Hall–Kier alpha value is -6.05. The first kappa shape index (κ1) is 36.4. The van der Waals surface area contributed by atoms with Gasteiger partial charge >= 0.3 is 24.0 Å². The molecule has 6 N–H and O–H groups in total. The number of carboxylic acids is 2. The number of aliphatic imine (C=N–C) groups is 1. The van der Waals surface area contributed by atoms with Crippen LogP contribution >= 0.6 is 0 Å². The summed E-state index contributed by atoms with van der Waals surface area (Å²) in [5.41, 5.74) is 12.3. The maximum atomic E-state index is 13.2. The fraction of sp³-hybridized carbons (Fsp3) is 0.265. The number of esters is 1. The zero-order valence-corrected chi connectivity index (χ0v) is 26.3. The molecule has 0 spiro atoms. The molecular formula is C34H36N4O10. The van der Waals surface area contributed by atoms with Crippen LogP contribution in [0.3, 0.4) is 0 Å². The van der Waals surface area contributed by atoms with Gasteiger partial charge in [0.1, 0.15) is 18.1 Å². The van der Waals surface area contributed by atoms with Gasteiger partial charge in [0.05, 0.1) is 29.8 Å². The summed E-state index contributed by atoms with van der Waals surface area (Å²) in [5, 5.41) is 18.6. The summed E-state index contributed by atoms with van der Waals surface area (Å²) in [5.74, 6) is -5.46. The molecule has 0 unspecified atom stereocenters. The summed E-state index contributed by atoms with van der Waals surface area (Å²) >= 11 is 0. The lowest BCUT2D eigenvalue weighted by Gasteiger charge is -2.23. The molecule has 0 aliphatic carbocycles. The molecule has 3 aromatic rings. The maximum absolute atomic E-state index is 13.2. The zero-order valence-electron chi connectivity index (χ0n) is 26.3. The predicted molar refractivity (Wildman–Crippen MR) is 173 cm³/mol. The number of carboxylic acid groups (broad SMARTS) is 2. The van der Waals surface area contributed by atoms with E-state index in [4.69, 9.17) is 20.9 Å². The van der Waals surface area contributed by atoms with Crippen molar-refractivity contribution >= 4 is 47.2 Å². The molecule has 0 radical (unpaired) electrons. The first-order valence-electron chi connectivity index (χ1n) is 14.7. The molecule has 0 saturated heterocycles. The van der Waals surface area contributed by atoms with E-state index in [0.717, 1.165) is 4.90 Å². The van der Waals surface area contributed by atoms with E-state index in [1.54, 1.807) is 44.2 Å². The van der Waals surface area contributed by atoms with Crippen LogP contribution in [0.15, 0.2) is 77.8 Å². The molecule has 1 amide bonds. The van der Waals surface area contributed by atoms with Crippen molar-refractivity contribution in [3.05, 3.63) is 95.1 Å². The summed E-state index contributed by atoms with van der Waals surface area (Å²) in [6.45, 7) is 2.27. The molecule has 0 aliphatic rings. The Balaban J connectivity index is 1.69. The van der Waals surface area contributed by atoms with Crippen molar-refractivity contribution in [2.45, 2.75) is 39.8 Å². The molecule has 0 aromatic heterocycles. The smallest absolute Gasteiger partial charge is 0.410 e. The number of guanidine groups is 1. The van der Waals surface area contributed by atoms with Gasteiger partial charge in [-0.1, -0.05) is 38.1 Å². The molecule has 252 valence electrons. The lowest BCUT2D eigenvalue weighted by atomic mass is 9.88. The van der Waals surface area contributed by atoms with E-state index in [1.165, 1.54) is 42.5 Å². The van der Waals surface area contributed by atoms with Crippen LogP contribution in [0.4, 0.5) is 10.5 Å². The monoisotopic (exact) mass is 660 g/mol. The SMILES string of the molecule is CC(C)C(=O)[C@H](CC(=O)O)CC(=O)CN(Cc1cccc(C(=O)O)c1)C(=O)OCc1ccc(OC(=O)c2ccc(N=C(N)N)cc2)cc1. The second-order valence-corrected chi connectivity index (χ2v) is 11.1. The fourth-order valence-electron chi connectivity index (χ4n) is 4.59. The minimum atomic E-state index is -1.23. The molecule has 14 nitrogen and oxygen atoms in total. The summed E-state index contributed by atoms with van der Waals surface area (Å²) in [6.07, 6.45) is -1.85. The van der Waals surface area contributed by atoms with Crippen molar-refractivity contribution < 1.29 is 48.5 Å². The first-order valence-corrected chi connectivity index (χ1v) is 14.7. The number of aliphatic carboxylic acids is 1. The van der Waals surface area contributed by atoms with Crippen molar-refractivity contribution in [1.82, 2.24) is 4.90 Å². The average Bonchev–Trinajstić information content (AvgIpc) is 3.03. The van der Waals surface area contributed by atoms with Gasteiger partial charge in [-0.05, 0) is 59.7 Å². The normalized spacial score (nSPS) is 11.2. The highest BCUT2D eigenvalue weighted by Crippen LogP contribution is 2.20. The Kier molecular flexibility index (Phi) is 12.9. The lowest BCUT2D eigenvalue weighted by Crippen LogP contribution is -2.37. The van der Waals surface area contributed by atoms with E-state index in [0.29, 0.717) is 16.8 Å². The molecule has 48 heavy (non-hydrogen) atoms. The van der Waals surface area contributed by atoms with Gasteiger partial charge in [-0.3, -0.25) is 19.3 Å². The Labute approximate surface area is 276 Å². The molecule has 0 heterocycles. The highest BCUT2D eigenvalue weighted by Gasteiger charge is 2.28. The molecule has 0 bridgehead atoms. The number of rotatable bonds is 16. The number of amides is 1. The molecule has 1 atom stereocenters. The topological polar surface area (TPSA) is 229 Å². The summed E-state index contributed by atoms with van der Waals surface area (Å²) in [7, 11) is 0. The molecule has 3 aromatic carbocycles. The van der Waals surface area contributed by atoms with Crippen molar-refractivity contribution in [1.29, 1.82) is 0 Å². The Morgan fingerprint density at radius 3 is 2.08 bits per heavy atom. The molecule has 3 rings (SSSR count). The number of Topliss-reactive ketones (excluding diaryl/α,β-unsaturated/α-hetero) is 2. The third kappa shape index (κ3) is 11.4. The maximum Gasteiger partial charge on any atom is 0.410 e. The van der Waals surface area contributed by atoms with Crippen molar-refractivity contribution in [3.8, 4) is 5.75 Å². The average molecular weight is 661 g/mol. The minimum absolute atomic E-state index is 0.0278. The Morgan fingerprint density at radius 2 is 1.50 bits per heavy atom. The zero-order chi connectivity index (χ0) is 35.4. The number of carbonyl (C=O) groups excluding carboxylic acids is 4. The van der Waals surface area contributed by atoms with Crippen LogP contribution in [-0.4, -0.2) is 63.2 Å². The molecule has 0 fully saturated rings. The van der Waals surface area contributed by atoms with Crippen LogP contribution < -0.4 is 16.2 Å². The third-order valence-corrected chi connectivity index (χ3v) is 6.90. The number of hydrogen-bond acceptors (Lipinski definition) is 9. The standard InChI is InChI=1S/C34H36N4O10/c1-20(2)30(42)25(16-29(40)41)15-27(39)18-38(17-22-4-3-5-24(14-22)31(43)44)34(46)47-19-21-6-12-28(13-7-21)48-32(45)23-8-10-26(11-9-23)37-33(35)36/h3-14,20,25H,15-19H2,1-2H3,(H,40,41)(H,43,44)(H4,35,36,37)/t25-/m0/s1. The highest BCUT2D eigenvalue weighted by atomic mass is 16.6. The van der Waals surface area contributed by atoms with Crippen molar-refractivity contribution in [3.63, 3.8) is 0 Å². The van der Waals surface area contributed by atoms with Crippen LogP contribution in [-0.2, 0) is 32.3 Å². The number of carbonyl (C=O) groups is 6. The van der Waals surface area contributed by atoms with Gasteiger partial charge in [-0.2, -0.15) is 0 Å². The van der Waals surface area contributed by atoms with Gasteiger partial charge in [-0.25, -0.2) is 19.4 Å². The molecule has 0 aliphatic heterocycles. The molecule has 14 heteroatoms. The van der Waals surface area contributed by atoms with Crippen LogP contribution in [0.1, 0.15) is 58.5 Å². The number of ether oxygens (including phenoxy) is 2. The lowest BCUT2D eigenvalue weighted by molar-refractivity contribution is -0.142. The number of ketones is 2. The van der Waals surface area contributed by atoms with E-state index in [9.17, 15) is 39.0 Å². The number of aromatic carboxylic acids is 1. The van der Waals surface area contributed by atoms with Gasteiger partial charge < -0.3 is 31.2 Å². The van der Waals surface area contributed by atoms with Gasteiger partial charge in [-0.15, -0.1) is 0 Å². The first-order chi connectivity index (χ1) is 22.7. The van der Waals surface area contributed by atoms with Gasteiger partial charge in [0, 0.05) is 24.8 Å². The van der Waals surface area contributed by atoms with E-state index in [1.807, 2.05) is 0 Å². The van der Waals surface area contributed by atoms with Crippen LogP contribution in [0, 0.1) is 11.8 Å². The largest absolute Gasteiger partial charge is 0.481 e. The second kappa shape index (κ2) is 17.0. The Bertz CT molecular complexity index is 1680. The number of nitrogens with two attached hydrogens (primary N) is 2. The van der Waals surface area contributed by atoms with E-state index in [-0.39, 0.29) is 41.8 Å². The van der Waals surface area contributed by atoms with Crippen LogP contribution in [0.25, 0.3) is 0 Å².